The third-order valence-electron chi connectivity index (χ3n) is 5.28. The number of hydrogen-bond acceptors (Lipinski definition) is 0. The molecular formula is C22H21F5. The van der Waals surface area contributed by atoms with Crippen LogP contribution >= 0.6 is 0 Å². The molecule has 5 heteroatoms. The van der Waals surface area contributed by atoms with Crippen molar-refractivity contribution in [3.05, 3.63) is 71.3 Å². The predicted molar refractivity (Wildman–Crippen MR) is 96.3 cm³/mol. The first-order chi connectivity index (χ1) is 12.8. The Bertz CT molecular complexity index is 787. The number of allylic oxidation sites excluding steroid dienone is 2. The number of hydrogen-bond donors (Lipinski definition) is 0. The van der Waals surface area contributed by atoms with Gasteiger partial charge in [0.05, 0.1) is 0 Å². The first kappa shape index (κ1) is 19.6. The first-order valence-electron chi connectivity index (χ1n) is 9.09. The zero-order chi connectivity index (χ0) is 19.6. The molecule has 1 fully saturated rings. The first-order valence-corrected chi connectivity index (χ1v) is 9.09. The van der Waals surface area contributed by atoms with E-state index in [1.165, 1.54) is 0 Å². The number of rotatable bonds is 3. The van der Waals surface area contributed by atoms with Crippen molar-refractivity contribution in [2.24, 2.45) is 5.92 Å². The molecule has 0 N–H and O–H groups in total. The van der Waals surface area contributed by atoms with Crippen LogP contribution in [0.2, 0.25) is 0 Å². The Labute approximate surface area is 155 Å². The van der Waals surface area contributed by atoms with Gasteiger partial charge in [-0.15, -0.1) is 0 Å². The number of alkyl halides is 3. The summed E-state index contributed by atoms with van der Waals surface area (Å²) in [6, 6.07) is 8.73. The van der Waals surface area contributed by atoms with Gasteiger partial charge in [0.25, 0.3) is 0 Å². The van der Waals surface area contributed by atoms with Crippen molar-refractivity contribution in [2.45, 2.75) is 44.7 Å². The quantitative estimate of drug-likeness (QED) is 0.382. The molecule has 3 rings (SSSR count). The van der Waals surface area contributed by atoms with Crippen molar-refractivity contribution in [1.29, 1.82) is 0 Å². The van der Waals surface area contributed by atoms with Gasteiger partial charge in [-0.1, -0.05) is 36.4 Å². The van der Waals surface area contributed by atoms with Gasteiger partial charge >= 0.3 is 6.18 Å². The average molecular weight is 380 g/mol. The van der Waals surface area contributed by atoms with Gasteiger partial charge in [-0.25, -0.2) is 8.78 Å². The molecule has 0 heterocycles. The monoisotopic (exact) mass is 380 g/mol. The lowest BCUT2D eigenvalue weighted by Gasteiger charge is -2.27. The molecule has 1 saturated carbocycles. The van der Waals surface area contributed by atoms with Crippen LogP contribution in [0.25, 0.3) is 11.1 Å². The van der Waals surface area contributed by atoms with Gasteiger partial charge in [-0.05, 0) is 73.3 Å². The highest BCUT2D eigenvalue weighted by molar-refractivity contribution is 5.64. The van der Waals surface area contributed by atoms with Crippen LogP contribution in [-0.4, -0.2) is 0 Å². The van der Waals surface area contributed by atoms with Crippen molar-refractivity contribution in [3.63, 3.8) is 0 Å². The third-order valence-corrected chi connectivity index (χ3v) is 5.28. The van der Waals surface area contributed by atoms with Crippen LogP contribution in [0.4, 0.5) is 22.0 Å². The Morgan fingerprint density at radius 1 is 0.852 bits per heavy atom. The molecule has 0 spiro atoms. The lowest BCUT2D eigenvalue weighted by Crippen LogP contribution is -2.12. The molecule has 0 radical (unpaired) electrons. The van der Waals surface area contributed by atoms with E-state index in [0.29, 0.717) is 17.4 Å². The van der Waals surface area contributed by atoms with E-state index < -0.39 is 23.4 Å². The normalized spacial score (nSPS) is 21.0. The van der Waals surface area contributed by atoms with E-state index >= 15 is 0 Å². The topological polar surface area (TPSA) is 0 Å². The molecule has 0 amide bonds. The number of benzene rings is 2. The molecule has 0 nitrogen and oxygen atoms in total. The third kappa shape index (κ3) is 4.40. The zero-order valence-electron chi connectivity index (χ0n) is 15.0. The van der Waals surface area contributed by atoms with Crippen molar-refractivity contribution >= 4 is 0 Å². The Hall–Kier alpha value is -2.17. The van der Waals surface area contributed by atoms with Crippen LogP contribution in [0.5, 0.6) is 0 Å². The van der Waals surface area contributed by atoms with E-state index in [0.717, 1.165) is 43.4 Å². The minimum Gasteiger partial charge on any atom is -0.206 e. The lowest BCUT2D eigenvalue weighted by molar-refractivity contribution is -0.142. The van der Waals surface area contributed by atoms with Crippen molar-refractivity contribution in [2.75, 3.05) is 0 Å². The summed E-state index contributed by atoms with van der Waals surface area (Å²) >= 11 is 0. The summed E-state index contributed by atoms with van der Waals surface area (Å²) in [6.45, 7) is 2.03. The van der Waals surface area contributed by atoms with Crippen LogP contribution < -0.4 is 0 Å². The van der Waals surface area contributed by atoms with E-state index in [2.05, 4.69) is 12.2 Å². The van der Waals surface area contributed by atoms with Crippen molar-refractivity contribution in [3.8, 4) is 11.1 Å². The molecule has 0 aliphatic heterocycles. The van der Waals surface area contributed by atoms with Gasteiger partial charge in [0.15, 0.2) is 0 Å². The van der Waals surface area contributed by atoms with Gasteiger partial charge in [0.1, 0.15) is 17.2 Å². The second kappa shape index (κ2) is 7.83. The van der Waals surface area contributed by atoms with Crippen LogP contribution in [0.15, 0.2) is 48.6 Å². The molecule has 2 aromatic rings. The molecule has 1 aliphatic carbocycles. The average Bonchev–Trinajstić information content (AvgIpc) is 2.61. The predicted octanol–water partition coefficient (Wildman–Crippen LogP) is 7.50. The van der Waals surface area contributed by atoms with Crippen molar-refractivity contribution in [1.82, 2.24) is 0 Å². The standard InChI is InChI=1S/C22H21F5/c1-2-3-14-4-6-15(7-5-14)16-8-10-17(11-9-16)18-12-19(23)21(20(24)13-18)22(25,26)27/h2-3,8-15H,4-7H2,1H3/b3-2+. The second-order valence-electron chi connectivity index (χ2n) is 7.07. The summed E-state index contributed by atoms with van der Waals surface area (Å²) in [4.78, 5) is 0. The minimum atomic E-state index is -5.05. The van der Waals surface area contributed by atoms with Gasteiger partial charge < -0.3 is 0 Å². The SMILES string of the molecule is C/C=C/C1CCC(c2ccc(-c3cc(F)c(C(F)(F)F)c(F)c3)cc2)CC1. The van der Waals surface area contributed by atoms with Crippen LogP contribution in [0.3, 0.4) is 0 Å². The zero-order valence-corrected chi connectivity index (χ0v) is 15.0. The fraction of sp³-hybridized carbons (Fsp3) is 0.364. The van der Waals surface area contributed by atoms with E-state index in [4.69, 9.17) is 0 Å². The Balaban J connectivity index is 1.78. The lowest BCUT2D eigenvalue weighted by atomic mass is 9.78. The van der Waals surface area contributed by atoms with E-state index in [1.807, 2.05) is 19.1 Å². The molecule has 2 aromatic carbocycles. The summed E-state index contributed by atoms with van der Waals surface area (Å²) in [7, 11) is 0. The minimum absolute atomic E-state index is 0.0985. The molecule has 0 atom stereocenters. The highest BCUT2D eigenvalue weighted by Crippen LogP contribution is 2.38. The van der Waals surface area contributed by atoms with E-state index in [-0.39, 0.29) is 5.56 Å². The van der Waals surface area contributed by atoms with Gasteiger partial charge in [-0.2, -0.15) is 13.2 Å². The Morgan fingerprint density at radius 2 is 1.41 bits per heavy atom. The molecule has 0 aromatic heterocycles. The van der Waals surface area contributed by atoms with Crippen LogP contribution in [0, 0.1) is 17.6 Å². The van der Waals surface area contributed by atoms with Crippen LogP contribution in [-0.2, 0) is 6.18 Å². The van der Waals surface area contributed by atoms with Gasteiger partial charge in [-0.3, -0.25) is 0 Å². The maximum Gasteiger partial charge on any atom is 0.422 e. The molecular weight excluding hydrogens is 359 g/mol. The molecule has 144 valence electrons. The fourth-order valence-electron chi connectivity index (χ4n) is 3.88. The maximum absolute atomic E-state index is 13.8. The molecule has 0 bridgehead atoms. The summed E-state index contributed by atoms with van der Waals surface area (Å²) in [6.07, 6.45) is 3.70. The summed E-state index contributed by atoms with van der Waals surface area (Å²) in [5, 5.41) is 0. The summed E-state index contributed by atoms with van der Waals surface area (Å²) < 4.78 is 65.7. The Kier molecular flexibility index (Phi) is 5.68. The van der Waals surface area contributed by atoms with E-state index in [9.17, 15) is 22.0 Å². The van der Waals surface area contributed by atoms with E-state index in [1.54, 1.807) is 12.1 Å². The largest absolute Gasteiger partial charge is 0.422 e. The van der Waals surface area contributed by atoms with Crippen LogP contribution in [0.1, 0.15) is 49.7 Å². The van der Waals surface area contributed by atoms with Crippen molar-refractivity contribution < 1.29 is 22.0 Å². The molecule has 0 saturated heterocycles. The molecule has 27 heavy (non-hydrogen) atoms. The summed E-state index contributed by atoms with van der Waals surface area (Å²) in [5.74, 6) is -2.11. The molecule has 0 unspecified atom stereocenters. The highest BCUT2D eigenvalue weighted by Gasteiger charge is 2.38. The summed E-state index contributed by atoms with van der Waals surface area (Å²) in [5.41, 5.74) is -0.0967. The molecule has 1 aliphatic rings. The smallest absolute Gasteiger partial charge is 0.206 e. The van der Waals surface area contributed by atoms with Gasteiger partial charge in [0, 0.05) is 0 Å². The second-order valence-corrected chi connectivity index (χ2v) is 7.07. The highest BCUT2D eigenvalue weighted by atomic mass is 19.4. The fourth-order valence-corrected chi connectivity index (χ4v) is 3.88. The Morgan fingerprint density at radius 3 is 1.89 bits per heavy atom. The van der Waals surface area contributed by atoms with Gasteiger partial charge in [0.2, 0.25) is 0 Å². The maximum atomic E-state index is 13.8. The number of halogens is 5.